The number of hydrogen-bond acceptors (Lipinski definition) is 9. The highest BCUT2D eigenvalue weighted by Crippen LogP contribution is 2.17. The van der Waals surface area contributed by atoms with Gasteiger partial charge in [-0.3, -0.25) is 14.4 Å². The maximum absolute atomic E-state index is 12.1. The van der Waals surface area contributed by atoms with Gasteiger partial charge in [-0.15, -0.1) is 0 Å². The van der Waals surface area contributed by atoms with Crippen molar-refractivity contribution in [2.75, 3.05) is 47.5 Å². The van der Waals surface area contributed by atoms with Gasteiger partial charge in [0, 0.05) is 6.92 Å². The first-order chi connectivity index (χ1) is 17.6. The number of hydrogen-bond donors (Lipinski definition) is 0. The zero-order valence-corrected chi connectivity index (χ0v) is 25.8. The number of unbranched alkanes of at least 4 members (excludes halogenated alkanes) is 2. The summed E-state index contributed by atoms with van der Waals surface area (Å²) < 4.78 is 50.2. The number of carbonyl (C=O) groups excluding carboxylic acids is 3. The van der Waals surface area contributed by atoms with Crippen LogP contribution in [0.5, 0.6) is 0 Å². The van der Waals surface area contributed by atoms with Crippen molar-refractivity contribution in [2.24, 2.45) is 11.8 Å². The summed E-state index contributed by atoms with van der Waals surface area (Å²) in [6.07, 6.45) is 6.58. The smallest absolute Gasteiger partial charge is 0.323 e. The Bertz CT molecular complexity index is 763. The number of rotatable bonds is 19. The topological polar surface area (TPSA) is 136 Å². The number of esters is 3. The molecule has 0 fully saturated rings. The SMILES string of the molecule is CC(=O)OCC[N+](C)(C)C.CCCCC(CC)COC(=O)CC(C(=O)OCC(CC)CCCC)S(=O)(=O)[O-]. The van der Waals surface area contributed by atoms with E-state index in [-0.39, 0.29) is 31.0 Å². The second-order valence-electron chi connectivity index (χ2n) is 10.7. The lowest BCUT2D eigenvalue weighted by atomic mass is 10.0. The molecule has 226 valence electrons. The van der Waals surface area contributed by atoms with Crippen molar-refractivity contribution in [2.45, 2.75) is 97.7 Å². The Labute approximate surface area is 231 Å². The first-order valence-corrected chi connectivity index (χ1v) is 15.3. The van der Waals surface area contributed by atoms with Gasteiger partial charge in [-0.2, -0.15) is 0 Å². The first-order valence-electron chi connectivity index (χ1n) is 13.8. The molecule has 0 N–H and O–H groups in total. The minimum atomic E-state index is -5.01. The molecule has 38 heavy (non-hydrogen) atoms. The number of carbonyl (C=O) groups is 3. The van der Waals surface area contributed by atoms with Crippen molar-refractivity contribution >= 4 is 28.0 Å². The van der Waals surface area contributed by atoms with E-state index in [4.69, 9.17) is 14.2 Å². The zero-order valence-electron chi connectivity index (χ0n) is 25.0. The molecule has 0 bridgehead atoms. The van der Waals surface area contributed by atoms with E-state index < -0.39 is 33.7 Å². The molecule has 0 aliphatic rings. The Morgan fingerprint density at radius 2 is 1.29 bits per heavy atom. The molecule has 0 saturated heterocycles. The van der Waals surface area contributed by atoms with Gasteiger partial charge in [0.05, 0.1) is 40.8 Å². The van der Waals surface area contributed by atoms with Crippen LogP contribution < -0.4 is 0 Å². The summed E-state index contributed by atoms with van der Waals surface area (Å²) in [4.78, 5) is 34.4. The first kappa shape index (κ1) is 38.4. The molecular weight excluding hydrogens is 514 g/mol. The molecule has 0 spiro atoms. The van der Waals surface area contributed by atoms with Crippen LogP contribution in [0.15, 0.2) is 0 Å². The summed E-state index contributed by atoms with van der Waals surface area (Å²) in [5.41, 5.74) is 0. The largest absolute Gasteiger partial charge is 0.747 e. The van der Waals surface area contributed by atoms with E-state index in [9.17, 15) is 27.4 Å². The molecule has 0 aromatic rings. The summed E-state index contributed by atoms with van der Waals surface area (Å²) >= 11 is 0. The highest BCUT2D eigenvalue weighted by Gasteiger charge is 2.31. The van der Waals surface area contributed by atoms with E-state index >= 15 is 0 Å². The number of quaternary nitrogens is 1. The zero-order chi connectivity index (χ0) is 29.8. The fourth-order valence-electron chi connectivity index (χ4n) is 3.28. The normalized spacial score (nSPS) is 13.9. The van der Waals surface area contributed by atoms with Gasteiger partial charge in [-0.1, -0.05) is 66.2 Å². The van der Waals surface area contributed by atoms with Gasteiger partial charge in [-0.05, 0) is 24.7 Å². The molecule has 0 aliphatic heterocycles. The van der Waals surface area contributed by atoms with E-state index in [1.807, 2.05) is 13.8 Å². The predicted octanol–water partition coefficient (Wildman–Crippen LogP) is 4.07. The fourth-order valence-corrected chi connectivity index (χ4v) is 3.92. The van der Waals surface area contributed by atoms with Crippen molar-refractivity contribution in [1.29, 1.82) is 0 Å². The molecule has 0 amide bonds. The van der Waals surface area contributed by atoms with E-state index in [1.165, 1.54) is 6.92 Å². The third-order valence-electron chi connectivity index (χ3n) is 6.06. The fraction of sp³-hybridized carbons (Fsp3) is 0.889. The van der Waals surface area contributed by atoms with Gasteiger partial charge < -0.3 is 23.2 Å². The van der Waals surface area contributed by atoms with E-state index in [2.05, 4.69) is 35.0 Å². The quantitative estimate of drug-likeness (QED) is 0.0979. The van der Waals surface area contributed by atoms with Gasteiger partial charge in [0.25, 0.3) is 0 Å². The van der Waals surface area contributed by atoms with Crippen molar-refractivity contribution in [1.82, 2.24) is 0 Å². The minimum Gasteiger partial charge on any atom is -0.747 e. The van der Waals surface area contributed by atoms with Crippen LogP contribution in [0.4, 0.5) is 0 Å². The minimum absolute atomic E-state index is 0.0470. The van der Waals surface area contributed by atoms with Crippen molar-refractivity contribution in [3.8, 4) is 0 Å². The molecule has 0 saturated carbocycles. The van der Waals surface area contributed by atoms with Crippen LogP contribution in [0, 0.1) is 11.8 Å². The van der Waals surface area contributed by atoms with Crippen molar-refractivity contribution in [3.05, 3.63) is 0 Å². The Hall–Kier alpha value is -1.72. The molecule has 0 radical (unpaired) electrons. The van der Waals surface area contributed by atoms with Crippen LogP contribution in [0.25, 0.3) is 0 Å². The van der Waals surface area contributed by atoms with Crippen LogP contribution in [0.2, 0.25) is 0 Å². The van der Waals surface area contributed by atoms with Gasteiger partial charge in [0.15, 0.2) is 5.25 Å². The lowest BCUT2D eigenvalue weighted by Gasteiger charge is -2.23. The molecule has 3 atom stereocenters. The van der Waals surface area contributed by atoms with Gasteiger partial charge >= 0.3 is 17.9 Å². The third-order valence-corrected chi connectivity index (χ3v) is 7.11. The van der Waals surface area contributed by atoms with E-state index in [1.54, 1.807) is 0 Å². The molecule has 11 heteroatoms. The van der Waals surface area contributed by atoms with Gasteiger partial charge in [0.2, 0.25) is 0 Å². The van der Waals surface area contributed by atoms with Crippen molar-refractivity contribution < 1.29 is 46.0 Å². The average Bonchev–Trinajstić information content (AvgIpc) is 2.81. The molecular formula is C27H53NO9S. The van der Waals surface area contributed by atoms with Gasteiger partial charge in [-0.25, -0.2) is 8.42 Å². The maximum atomic E-state index is 12.1. The van der Waals surface area contributed by atoms with Crippen LogP contribution in [-0.4, -0.2) is 88.1 Å². The summed E-state index contributed by atoms with van der Waals surface area (Å²) in [5, 5.41) is -2.06. The third kappa shape index (κ3) is 22.3. The van der Waals surface area contributed by atoms with Crippen LogP contribution in [0.3, 0.4) is 0 Å². The summed E-state index contributed by atoms with van der Waals surface area (Å²) in [6.45, 7) is 11.1. The van der Waals surface area contributed by atoms with Crippen molar-refractivity contribution in [3.63, 3.8) is 0 Å². The Balaban J connectivity index is 0. The lowest BCUT2D eigenvalue weighted by Crippen LogP contribution is -2.37. The van der Waals surface area contributed by atoms with Crippen LogP contribution >= 0.6 is 0 Å². The predicted molar refractivity (Wildman–Crippen MR) is 146 cm³/mol. The molecule has 0 heterocycles. The summed E-state index contributed by atoms with van der Waals surface area (Å²) in [5.74, 6) is -1.94. The Kier molecular flexibility index (Phi) is 21.4. The highest BCUT2D eigenvalue weighted by atomic mass is 32.2. The molecule has 0 rings (SSSR count). The maximum Gasteiger partial charge on any atom is 0.323 e. The Morgan fingerprint density at radius 1 is 0.816 bits per heavy atom. The molecule has 10 nitrogen and oxygen atoms in total. The lowest BCUT2D eigenvalue weighted by molar-refractivity contribution is -0.870. The average molecular weight is 568 g/mol. The second kappa shape index (κ2) is 21.1. The van der Waals surface area contributed by atoms with Crippen LogP contribution in [0.1, 0.15) is 92.4 Å². The van der Waals surface area contributed by atoms with Gasteiger partial charge in [0.1, 0.15) is 23.3 Å². The van der Waals surface area contributed by atoms with Crippen LogP contribution in [-0.2, 0) is 38.7 Å². The summed E-state index contributed by atoms with van der Waals surface area (Å²) in [7, 11) is 1.16. The standard InChI is InChI=1S/C20H38O7S.C7H16NO2/c1-5-9-11-16(7-3)14-26-19(21)13-18(28(23,24)25)20(22)27-15-17(8-4)12-10-6-2;1-7(9)10-6-5-8(2,3)4/h16-18H,5-15H2,1-4H3,(H,23,24,25);5-6H2,1-4H3/q;+1/p-1. The molecule has 3 unspecified atom stereocenters. The number of likely N-dealkylation sites (N-methyl/N-ethyl adjacent to an activating group) is 1. The summed E-state index contributed by atoms with van der Waals surface area (Å²) in [6, 6.07) is 0. The monoisotopic (exact) mass is 567 g/mol. The second-order valence-corrected chi connectivity index (χ2v) is 12.2. The van der Waals surface area contributed by atoms with E-state index in [0.717, 1.165) is 62.4 Å². The molecule has 0 aromatic carbocycles. The highest BCUT2D eigenvalue weighted by molar-refractivity contribution is 7.87. The number of nitrogens with zero attached hydrogens (tertiary/aromatic N) is 1. The molecule has 0 aliphatic carbocycles. The van der Waals surface area contributed by atoms with E-state index in [0.29, 0.717) is 6.61 Å². The Morgan fingerprint density at radius 3 is 1.66 bits per heavy atom. The molecule has 0 aromatic heterocycles. The number of ether oxygens (including phenoxy) is 3.